The third-order valence-corrected chi connectivity index (χ3v) is 3.71. The third kappa shape index (κ3) is 24.2. The van der Waals surface area contributed by atoms with Gasteiger partial charge in [0.25, 0.3) is 0 Å². The van der Waals surface area contributed by atoms with Gasteiger partial charge in [-0.15, -0.1) is 10.2 Å². The Morgan fingerprint density at radius 2 is 1.12 bits per heavy atom. The van der Waals surface area contributed by atoms with Crippen molar-refractivity contribution in [1.29, 1.82) is 0 Å². The van der Waals surface area contributed by atoms with Gasteiger partial charge < -0.3 is 20.1 Å². The summed E-state index contributed by atoms with van der Waals surface area (Å²) in [6, 6.07) is 0.706. The largest absolute Gasteiger partial charge is 0.381 e. The monoisotopic (exact) mass is 460 g/mol. The van der Waals surface area contributed by atoms with Crippen molar-refractivity contribution >= 4 is 11.8 Å². The summed E-state index contributed by atoms with van der Waals surface area (Å²) < 4.78 is 10.3. The minimum Gasteiger partial charge on any atom is -0.381 e. The number of rotatable bonds is 2. The van der Waals surface area contributed by atoms with Crippen molar-refractivity contribution < 1.29 is 19.1 Å². The summed E-state index contributed by atoms with van der Waals surface area (Å²) in [5.41, 5.74) is 0. The lowest BCUT2D eigenvalue weighted by Crippen LogP contribution is -2.37. The second-order valence-corrected chi connectivity index (χ2v) is 6.10. The maximum absolute atomic E-state index is 10.6. The lowest BCUT2D eigenvalue weighted by atomic mass is 10.1. The van der Waals surface area contributed by atoms with Gasteiger partial charge in [0.2, 0.25) is 11.8 Å². The van der Waals surface area contributed by atoms with Gasteiger partial charge in [-0.25, -0.2) is 0 Å². The van der Waals surface area contributed by atoms with Gasteiger partial charge in [-0.05, 0) is 30.9 Å². The summed E-state index contributed by atoms with van der Waals surface area (Å²) in [4.78, 5) is 22.5. The van der Waals surface area contributed by atoms with E-state index >= 15 is 0 Å². The Bertz CT molecular complexity index is 473. The number of ether oxygens (including phenoxy) is 2. The first kappa shape index (κ1) is 34.5. The van der Waals surface area contributed by atoms with Crippen LogP contribution in [-0.2, 0) is 26.1 Å². The molecule has 0 aliphatic carbocycles. The molecule has 3 heterocycles. The van der Waals surface area contributed by atoms with Crippen LogP contribution in [0, 0.1) is 0 Å². The predicted molar refractivity (Wildman–Crippen MR) is 128 cm³/mol. The van der Waals surface area contributed by atoms with Gasteiger partial charge >= 0.3 is 0 Å². The number of nitrogens with one attached hydrogen (secondary N) is 2. The van der Waals surface area contributed by atoms with E-state index in [0.717, 1.165) is 52.1 Å². The number of hydrogen-bond donors (Lipinski definition) is 2. The average Bonchev–Trinajstić information content (AvgIpc) is 3.30. The Labute approximate surface area is 195 Å². The number of carbonyl (C=O) groups excluding carboxylic acids is 2. The van der Waals surface area contributed by atoms with Crippen LogP contribution in [0.3, 0.4) is 0 Å². The van der Waals surface area contributed by atoms with E-state index in [0.29, 0.717) is 12.1 Å². The normalized spacial score (nSPS) is 15.0. The highest BCUT2D eigenvalue weighted by molar-refractivity contribution is 5.73. The molecule has 10 heteroatoms. The number of hydrogen-bond acceptors (Lipinski definition) is 7. The number of aryl methyl sites for hydroxylation is 1. The fourth-order valence-corrected chi connectivity index (χ4v) is 2.48. The number of amides is 2. The summed E-state index contributed by atoms with van der Waals surface area (Å²) in [6.07, 6.45) is 5.22. The van der Waals surface area contributed by atoms with E-state index in [1.54, 1.807) is 20.9 Å². The molecule has 2 N–H and O–H groups in total. The minimum absolute atomic E-state index is 0.0619. The van der Waals surface area contributed by atoms with Gasteiger partial charge in [0.1, 0.15) is 0 Å². The van der Waals surface area contributed by atoms with Gasteiger partial charge in [0, 0.05) is 52.4 Å². The predicted octanol–water partition coefficient (Wildman–Crippen LogP) is 2.89. The fourth-order valence-electron chi connectivity index (χ4n) is 2.48. The Balaban J connectivity index is -0.000000360. The lowest BCUT2D eigenvalue weighted by Gasteiger charge is -2.22. The zero-order chi connectivity index (χ0) is 25.2. The molecule has 190 valence electrons. The summed E-state index contributed by atoms with van der Waals surface area (Å²) in [5.74, 6) is 0.124. The van der Waals surface area contributed by atoms with Gasteiger partial charge in [0.05, 0.1) is 7.05 Å². The van der Waals surface area contributed by atoms with Gasteiger partial charge in [-0.3, -0.25) is 9.59 Å². The van der Waals surface area contributed by atoms with E-state index in [1.165, 1.54) is 11.1 Å². The summed E-state index contributed by atoms with van der Waals surface area (Å²) in [7, 11) is 1.72. The van der Waals surface area contributed by atoms with E-state index in [2.05, 4.69) is 26.0 Å². The third-order valence-electron chi connectivity index (χ3n) is 3.71. The highest BCUT2D eigenvalue weighted by atomic mass is 16.5. The van der Waals surface area contributed by atoms with E-state index in [-0.39, 0.29) is 11.8 Å². The summed E-state index contributed by atoms with van der Waals surface area (Å²) >= 11 is 0. The van der Waals surface area contributed by atoms with E-state index in [4.69, 9.17) is 9.47 Å². The molecule has 10 nitrogen and oxygen atoms in total. The number of carbonyl (C=O) groups is 2. The Morgan fingerprint density at radius 3 is 1.31 bits per heavy atom. The van der Waals surface area contributed by atoms with Crippen molar-refractivity contribution in [1.82, 2.24) is 30.8 Å². The van der Waals surface area contributed by atoms with Crippen molar-refractivity contribution in [3.05, 3.63) is 6.33 Å². The first-order valence-corrected chi connectivity index (χ1v) is 11.8. The summed E-state index contributed by atoms with van der Waals surface area (Å²) in [6.45, 7) is 18.2. The van der Waals surface area contributed by atoms with E-state index < -0.39 is 0 Å². The molecule has 0 unspecified atom stereocenters. The van der Waals surface area contributed by atoms with Crippen molar-refractivity contribution in [2.24, 2.45) is 7.05 Å². The van der Waals surface area contributed by atoms with Crippen LogP contribution in [0.4, 0.5) is 0 Å². The fraction of sp³-hybridized carbons (Fsp3) is 0.864. The van der Waals surface area contributed by atoms with Crippen LogP contribution in [0.15, 0.2) is 6.33 Å². The smallest absolute Gasteiger partial charge is 0.217 e. The standard InChI is InChI=1S/2C7H13NO2.C2H4N4.3C2H6/c2*1-6(9)8-7-2-4-10-5-3-7;1-6-4-2-3-5-6;3*1-2/h2*7H,2-5H2,1H3,(H,8,9);2H,1H3;3*1-2H3. The first-order chi connectivity index (χ1) is 15.5. The van der Waals surface area contributed by atoms with Crippen molar-refractivity contribution in [2.45, 2.75) is 93.2 Å². The quantitative estimate of drug-likeness (QED) is 0.696. The minimum atomic E-state index is 0.0619. The van der Waals surface area contributed by atoms with E-state index in [9.17, 15) is 9.59 Å². The molecule has 2 aliphatic rings. The molecule has 0 radical (unpaired) electrons. The van der Waals surface area contributed by atoms with Crippen LogP contribution < -0.4 is 10.6 Å². The van der Waals surface area contributed by atoms with Crippen molar-refractivity contribution in [3.63, 3.8) is 0 Å². The molecule has 2 amide bonds. The number of tetrazole rings is 1. The molecule has 2 saturated heterocycles. The molecular weight excluding hydrogens is 412 g/mol. The Kier molecular flexibility index (Phi) is 29.1. The molecule has 0 saturated carbocycles. The highest BCUT2D eigenvalue weighted by Gasteiger charge is 2.14. The van der Waals surface area contributed by atoms with Crippen LogP contribution in [0.5, 0.6) is 0 Å². The van der Waals surface area contributed by atoms with Gasteiger partial charge in [-0.2, -0.15) is 4.80 Å². The molecule has 0 atom stereocenters. The van der Waals surface area contributed by atoms with Crippen molar-refractivity contribution in [2.75, 3.05) is 26.4 Å². The lowest BCUT2D eigenvalue weighted by molar-refractivity contribution is -0.121. The van der Waals surface area contributed by atoms with E-state index in [1.807, 2.05) is 41.5 Å². The zero-order valence-electron chi connectivity index (χ0n) is 21.8. The molecular formula is C22H48N6O4. The van der Waals surface area contributed by atoms with Crippen molar-refractivity contribution in [3.8, 4) is 0 Å². The van der Waals surface area contributed by atoms with Crippen LogP contribution in [-0.4, -0.2) is 70.5 Å². The van der Waals surface area contributed by atoms with Crippen LogP contribution >= 0.6 is 0 Å². The van der Waals surface area contributed by atoms with Gasteiger partial charge in [0.15, 0.2) is 6.33 Å². The summed E-state index contributed by atoms with van der Waals surface area (Å²) in [5, 5.41) is 16.2. The maximum Gasteiger partial charge on any atom is 0.217 e. The SMILES string of the molecule is CC.CC.CC.CC(=O)NC1CCOCC1.CC(=O)NC1CCOCC1.Cn1ncnn1. The first-order valence-electron chi connectivity index (χ1n) is 11.8. The topological polar surface area (TPSA) is 120 Å². The molecule has 3 rings (SSSR count). The molecule has 0 spiro atoms. The van der Waals surface area contributed by atoms with Crippen LogP contribution in [0.1, 0.15) is 81.1 Å². The molecule has 0 aromatic carbocycles. The molecule has 0 bridgehead atoms. The van der Waals surface area contributed by atoms with Gasteiger partial charge in [-0.1, -0.05) is 41.5 Å². The molecule has 1 aromatic rings. The molecule has 2 aliphatic heterocycles. The zero-order valence-corrected chi connectivity index (χ0v) is 21.8. The molecule has 32 heavy (non-hydrogen) atoms. The Hall–Kier alpha value is -2.07. The van der Waals surface area contributed by atoms with Crippen LogP contribution in [0.2, 0.25) is 0 Å². The molecule has 1 aromatic heterocycles. The highest BCUT2D eigenvalue weighted by Crippen LogP contribution is 2.06. The number of aromatic nitrogens is 4. The molecule has 2 fully saturated rings. The second-order valence-electron chi connectivity index (χ2n) is 6.10. The second kappa shape index (κ2) is 27.0. The average molecular weight is 461 g/mol. The number of nitrogens with zero attached hydrogens (tertiary/aromatic N) is 4. The van der Waals surface area contributed by atoms with Crippen LogP contribution in [0.25, 0.3) is 0 Å². The Morgan fingerprint density at radius 1 is 0.781 bits per heavy atom. The maximum atomic E-state index is 10.6.